The van der Waals surface area contributed by atoms with Crippen LogP contribution in [-0.2, 0) is 0 Å². The van der Waals surface area contributed by atoms with Crippen molar-refractivity contribution in [3.8, 4) is 0 Å². The van der Waals surface area contributed by atoms with E-state index in [1.165, 1.54) is 10.4 Å². The van der Waals surface area contributed by atoms with E-state index in [1.807, 2.05) is 11.6 Å². The summed E-state index contributed by atoms with van der Waals surface area (Å²) in [6.45, 7) is 6.75. The van der Waals surface area contributed by atoms with Crippen LogP contribution in [-0.4, -0.2) is 16.3 Å². The van der Waals surface area contributed by atoms with E-state index < -0.39 is 0 Å². The molecule has 1 atom stereocenters. The molecule has 0 bridgehead atoms. The van der Waals surface area contributed by atoms with E-state index in [2.05, 4.69) is 46.3 Å². The first-order valence-electron chi connectivity index (χ1n) is 5.51. The summed E-state index contributed by atoms with van der Waals surface area (Å²) in [6.07, 6.45) is 0. The predicted molar refractivity (Wildman–Crippen MR) is 75.7 cm³/mol. The average Bonchev–Trinajstić information content (AvgIpc) is 2.82. The van der Waals surface area contributed by atoms with Gasteiger partial charge < -0.3 is 5.73 Å². The summed E-state index contributed by atoms with van der Waals surface area (Å²) in [6, 6.07) is 2.27. The molecule has 5 heteroatoms. The SMILES string of the molecule is Cc1ccsc1C(CN)n1nc(C)c(Br)c1C. The lowest BCUT2D eigenvalue weighted by Crippen LogP contribution is -2.22. The third kappa shape index (κ3) is 2.19. The minimum absolute atomic E-state index is 0.139. The van der Waals surface area contributed by atoms with E-state index in [1.54, 1.807) is 11.3 Å². The lowest BCUT2D eigenvalue weighted by Gasteiger charge is -2.17. The molecule has 0 saturated carbocycles. The van der Waals surface area contributed by atoms with Gasteiger partial charge in [-0.3, -0.25) is 4.68 Å². The fourth-order valence-electron chi connectivity index (χ4n) is 1.99. The van der Waals surface area contributed by atoms with Crippen LogP contribution < -0.4 is 5.73 Å². The van der Waals surface area contributed by atoms with Crippen molar-refractivity contribution in [2.45, 2.75) is 26.8 Å². The number of rotatable bonds is 3. The Labute approximate surface area is 114 Å². The molecule has 1 unspecified atom stereocenters. The highest BCUT2D eigenvalue weighted by molar-refractivity contribution is 9.10. The van der Waals surface area contributed by atoms with Gasteiger partial charge >= 0.3 is 0 Å². The zero-order chi connectivity index (χ0) is 12.6. The molecule has 0 aliphatic carbocycles. The molecule has 2 rings (SSSR count). The number of halogens is 1. The molecule has 2 heterocycles. The van der Waals surface area contributed by atoms with Gasteiger partial charge in [-0.05, 0) is 53.7 Å². The van der Waals surface area contributed by atoms with Crippen molar-refractivity contribution in [3.05, 3.63) is 37.7 Å². The minimum atomic E-state index is 0.139. The third-order valence-corrected chi connectivity index (χ3v) is 5.23. The van der Waals surface area contributed by atoms with Crippen LogP contribution in [0.25, 0.3) is 0 Å². The lowest BCUT2D eigenvalue weighted by atomic mass is 10.1. The van der Waals surface area contributed by atoms with E-state index in [0.29, 0.717) is 6.54 Å². The van der Waals surface area contributed by atoms with Gasteiger partial charge in [-0.15, -0.1) is 11.3 Å². The smallest absolute Gasteiger partial charge is 0.0988 e. The molecular formula is C12H16BrN3S. The first-order valence-corrected chi connectivity index (χ1v) is 7.18. The molecule has 0 amide bonds. The molecule has 0 saturated heterocycles. The van der Waals surface area contributed by atoms with Crippen molar-refractivity contribution in [3.63, 3.8) is 0 Å². The molecule has 0 aromatic carbocycles. The standard InChI is InChI=1S/C12H16BrN3S/c1-7-4-5-17-12(7)10(6-14)16-9(3)11(13)8(2)15-16/h4-5,10H,6,14H2,1-3H3. The molecule has 0 radical (unpaired) electrons. The second-order valence-electron chi connectivity index (χ2n) is 4.15. The highest BCUT2D eigenvalue weighted by Crippen LogP contribution is 2.30. The van der Waals surface area contributed by atoms with Crippen molar-refractivity contribution in [2.75, 3.05) is 6.54 Å². The summed E-state index contributed by atoms with van der Waals surface area (Å²) >= 11 is 5.30. The first kappa shape index (κ1) is 12.8. The molecule has 17 heavy (non-hydrogen) atoms. The van der Waals surface area contributed by atoms with Gasteiger partial charge in [-0.25, -0.2) is 0 Å². The van der Waals surface area contributed by atoms with Crippen molar-refractivity contribution < 1.29 is 0 Å². The summed E-state index contributed by atoms with van der Waals surface area (Å²) in [5, 5.41) is 6.68. The summed E-state index contributed by atoms with van der Waals surface area (Å²) < 4.78 is 3.10. The second kappa shape index (κ2) is 4.92. The van der Waals surface area contributed by atoms with E-state index in [0.717, 1.165) is 15.9 Å². The van der Waals surface area contributed by atoms with Crippen LogP contribution in [0.3, 0.4) is 0 Å². The van der Waals surface area contributed by atoms with Gasteiger partial charge in [0.1, 0.15) is 0 Å². The summed E-state index contributed by atoms with van der Waals surface area (Å²) in [5.41, 5.74) is 9.35. The van der Waals surface area contributed by atoms with Gasteiger partial charge in [0.2, 0.25) is 0 Å². The third-order valence-electron chi connectivity index (χ3n) is 2.96. The largest absolute Gasteiger partial charge is 0.328 e. The number of nitrogens with two attached hydrogens (primary N) is 1. The molecule has 0 aliphatic heterocycles. The summed E-state index contributed by atoms with van der Waals surface area (Å²) in [5.74, 6) is 0. The fraction of sp³-hybridized carbons (Fsp3) is 0.417. The Morgan fingerprint density at radius 2 is 2.18 bits per heavy atom. The Balaban J connectivity index is 2.50. The van der Waals surface area contributed by atoms with Crippen LogP contribution >= 0.6 is 27.3 Å². The van der Waals surface area contributed by atoms with Crippen LogP contribution in [0.1, 0.15) is 27.9 Å². The molecule has 2 N–H and O–H groups in total. The van der Waals surface area contributed by atoms with Crippen molar-refractivity contribution in [2.24, 2.45) is 5.73 Å². The lowest BCUT2D eigenvalue weighted by molar-refractivity contribution is 0.522. The van der Waals surface area contributed by atoms with E-state index >= 15 is 0 Å². The van der Waals surface area contributed by atoms with Crippen molar-refractivity contribution in [1.29, 1.82) is 0 Å². The highest BCUT2D eigenvalue weighted by Gasteiger charge is 2.20. The van der Waals surface area contributed by atoms with Crippen LogP contribution in [0, 0.1) is 20.8 Å². The van der Waals surface area contributed by atoms with Crippen LogP contribution in [0.15, 0.2) is 15.9 Å². The number of hydrogen-bond donors (Lipinski definition) is 1. The van der Waals surface area contributed by atoms with Gasteiger partial charge in [0, 0.05) is 11.4 Å². The number of thiophene rings is 1. The minimum Gasteiger partial charge on any atom is -0.328 e. The van der Waals surface area contributed by atoms with E-state index in [9.17, 15) is 0 Å². The molecule has 2 aromatic heterocycles. The Morgan fingerprint density at radius 3 is 2.59 bits per heavy atom. The Bertz CT molecular complexity index is 530. The van der Waals surface area contributed by atoms with Gasteiger partial charge in [0.05, 0.1) is 21.9 Å². The normalized spacial score (nSPS) is 13.0. The molecule has 0 spiro atoms. The van der Waals surface area contributed by atoms with Crippen molar-refractivity contribution in [1.82, 2.24) is 9.78 Å². The maximum atomic E-state index is 5.92. The second-order valence-corrected chi connectivity index (χ2v) is 5.89. The number of nitrogens with zero attached hydrogens (tertiary/aromatic N) is 2. The molecule has 0 aliphatic rings. The van der Waals surface area contributed by atoms with Gasteiger partial charge in [0.25, 0.3) is 0 Å². The predicted octanol–water partition coefficient (Wildman–Crippen LogP) is 3.18. The number of hydrogen-bond acceptors (Lipinski definition) is 3. The van der Waals surface area contributed by atoms with Gasteiger partial charge in [-0.2, -0.15) is 5.10 Å². The quantitative estimate of drug-likeness (QED) is 0.945. The Hall–Kier alpha value is -0.650. The fourth-order valence-corrected chi connectivity index (χ4v) is 3.28. The van der Waals surface area contributed by atoms with Crippen LogP contribution in [0.4, 0.5) is 0 Å². The van der Waals surface area contributed by atoms with Gasteiger partial charge in [-0.1, -0.05) is 0 Å². The zero-order valence-corrected chi connectivity index (χ0v) is 12.6. The van der Waals surface area contributed by atoms with Crippen LogP contribution in [0.2, 0.25) is 0 Å². The van der Waals surface area contributed by atoms with Gasteiger partial charge in [0.15, 0.2) is 0 Å². The first-order chi connectivity index (χ1) is 8.06. The average molecular weight is 314 g/mol. The maximum absolute atomic E-state index is 5.92. The van der Waals surface area contributed by atoms with Crippen LogP contribution in [0.5, 0.6) is 0 Å². The van der Waals surface area contributed by atoms with E-state index in [4.69, 9.17) is 5.73 Å². The highest BCUT2D eigenvalue weighted by atomic mass is 79.9. The van der Waals surface area contributed by atoms with Crippen molar-refractivity contribution >= 4 is 27.3 Å². The molecule has 3 nitrogen and oxygen atoms in total. The summed E-state index contributed by atoms with van der Waals surface area (Å²) in [4.78, 5) is 1.30. The number of aryl methyl sites for hydroxylation is 2. The topological polar surface area (TPSA) is 43.8 Å². The summed E-state index contributed by atoms with van der Waals surface area (Å²) in [7, 11) is 0. The van der Waals surface area contributed by atoms with E-state index in [-0.39, 0.29) is 6.04 Å². The Kier molecular flexibility index (Phi) is 3.70. The molecule has 92 valence electrons. The molecule has 0 fully saturated rings. The molecule has 2 aromatic rings. The molecular weight excluding hydrogens is 298 g/mol. The zero-order valence-electron chi connectivity index (χ0n) is 10.2. The Morgan fingerprint density at radius 1 is 1.47 bits per heavy atom. The maximum Gasteiger partial charge on any atom is 0.0988 e. The monoisotopic (exact) mass is 313 g/mol. The number of aromatic nitrogens is 2.